The van der Waals surface area contributed by atoms with Crippen LogP contribution in [0, 0.1) is 0 Å². The number of carbonyl (C=O) groups is 1. The molecule has 5 nitrogen and oxygen atoms in total. The molecule has 0 aliphatic carbocycles. The Hall–Kier alpha value is -1.91. The molecule has 2 N–H and O–H groups in total. The first-order chi connectivity index (χ1) is 7.67. The summed E-state index contributed by atoms with van der Waals surface area (Å²) in [5.41, 5.74) is 1.57. The third-order valence-corrected chi connectivity index (χ3v) is 2.70. The first-order valence-corrected chi connectivity index (χ1v) is 4.90. The molecule has 5 heteroatoms. The molecule has 16 heavy (non-hydrogen) atoms. The molecule has 1 heterocycles. The second-order valence-corrected chi connectivity index (χ2v) is 3.56. The monoisotopic (exact) mass is 223 g/mol. The van der Waals surface area contributed by atoms with Gasteiger partial charge in [0.15, 0.2) is 0 Å². The summed E-state index contributed by atoms with van der Waals surface area (Å²) in [6.07, 6.45) is 0.408. The fourth-order valence-electron chi connectivity index (χ4n) is 1.91. The van der Waals surface area contributed by atoms with Crippen molar-refractivity contribution < 1.29 is 19.4 Å². The zero-order valence-electron chi connectivity index (χ0n) is 9.11. The number of hydrogen-bond acceptors (Lipinski definition) is 4. The Morgan fingerprint density at radius 1 is 1.38 bits per heavy atom. The first-order valence-electron chi connectivity index (χ1n) is 4.90. The minimum atomic E-state index is -0.875. The van der Waals surface area contributed by atoms with Gasteiger partial charge in [0.25, 0.3) is 0 Å². The average molecular weight is 223 g/mol. The van der Waals surface area contributed by atoms with E-state index in [2.05, 4.69) is 5.32 Å². The number of methoxy groups -OCH3 is 2. The van der Waals surface area contributed by atoms with E-state index in [0.29, 0.717) is 23.6 Å². The summed E-state index contributed by atoms with van der Waals surface area (Å²) >= 11 is 0. The van der Waals surface area contributed by atoms with Gasteiger partial charge in [-0.1, -0.05) is 0 Å². The Kier molecular flexibility index (Phi) is 2.60. The van der Waals surface area contributed by atoms with Crippen molar-refractivity contribution in [3.05, 3.63) is 17.7 Å². The lowest BCUT2D eigenvalue weighted by Gasteiger charge is -2.10. The second kappa shape index (κ2) is 3.92. The van der Waals surface area contributed by atoms with Gasteiger partial charge in [-0.2, -0.15) is 0 Å². The van der Waals surface area contributed by atoms with Gasteiger partial charge in [-0.25, -0.2) is 4.79 Å². The summed E-state index contributed by atoms with van der Waals surface area (Å²) in [4.78, 5) is 10.9. The molecule has 1 unspecified atom stereocenters. The van der Waals surface area contributed by atoms with E-state index in [4.69, 9.17) is 14.6 Å². The molecule has 1 aromatic carbocycles. The number of hydrogen-bond donors (Lipinski definition) is 2. The molecule has 0 fully saturated rings. The number of aliphatic carboxylic acids is 1. The van der Waals surface area contributed by atoms with Crippen molar-refractivity contribution in [3.8, 4) is 11.5 Å². The van der Waals surface area contributed by atoms with Gasteiger partial charge in [-0.3, -0.25) is 0 Å². The summed E-state index contributed by atoms with van der Waals surface area (Å²) in [6, 6.07) is 2.93. The van der Waals surface area contributed by atoms with Crippen LogP contribution in [0.1, 0.15) is 5.56 Å². The van der Waals surface area contributed by atoms with Gasteiger partial charge >= 0.3 is 5.97 Å². The molecule has 86 valence electrons. The molecule has 0 saturated heterocycles. The van der Waals surface area contributed by atoms with E-state index >= 15 is 0 Å². The van der Waals surface area contributed by atoms with Crippen LogP contribution in [-0.2, 0) is 11.2 Å². The van der Waals surface area contributed by atoms with E-state index in [0.717, 1.165) is 5.56 Å². The molecule has 1 aromatic rings. The lowest BCUT2D eigenvalue weighted by molar-refractivity contribution is -0.137. The van der Waals surface area contributed by atoms with Gasteiger partial charge in [0.05, 0.1) is 19.9 Å². The fraction of sp³-hybridized carbons (Fsp3) is 0.364. The Balaban J connectivity index is 2.44. The predicted octanol–water partition coefficient (Wildman–Crippen LogP) is 1.12. The van der Waals surface area contributed by atoms with E-state index in [1.54, 1.807) is 26.4 Å². The maximum absolute atomic E-state index is 10.9. The smallest absolute Gasteiger partial charge is 0.326 e. The van der Waals surface area contributed by atoms with Gasteiger partial charge in [-0.15, -0.1) is 0 Å². The van der Waals surface area contributed by atoms with Crippen LogP contribution in [-0.4, -0.2) is 31.3 Å². The number of benzene rings is 1. The van der Waals surface area contributed by atoms with E-state index in [1.807, 2.05) is 0 Å². The van der Waals surface area contributed by atoms with Crippen molar-refractivity contribution in [2.45, 2.75) is 12.5 Å². The minimum Gasteiger partial charge on any atom is -0.496 e. The molecule has 1 aliphatic heterocycles. The highest BCUT2D eigenvalue weighted by molar-refractivity contribution is 5.84. The maximum Gasteiger partial charge on any atom is 0.326 e. The zero-order valence-corrected chi connectivity index (χ0v) is 9.11. The number of fused-ring (bicyclic) bond motifs is 1. The zero-order chi connectivity index (χ0) is 11.7. The number of carboxylic acid groups (broad SMARTS) is 1. The van der Waals surface area contributed by atoms with Gasteiger partial charge in [0, 0.05) is 12.0 Å². The number of rotatable bonds is 3. The molecule has 0 bridgehead atoms. The molecule has 0 spiro atoms. The summed E-state index contributed by atoms with van der Waals surface area (Å²) in [5.74, 6) is 0.451. The van der Waals surface area contributed by atoms with Gasteiger partial charge in [-0.05, 0) is 12.1 Å². The highest BCUT2D eigenvalue weighted by Crippen LogP contribution is 2.40. The van der Waals surface area contributed by atoms with Crippen LogP contribution >= 0.6 is 0 Å². The lowest BCUT2D eigenvalue weighted by Crippen LogP contribution is -2.26. The molecule has 0 radical (unpaired) electrons. The van der Waals surface area contributed by atoms with E-state index in [-0.39, 0.29) is 0 Å². The second-order valence-electron chi connectivity index (χ2n) is 3.56. The number of anilines is 1. The van der Waals surface area contributed by atoms with Gasteiger partial charge < -0.3 is 19.9 Å². The van der Waals surface area contributed by atoms with Crippen LogP contribution in [0.15, 0.2) is 12.1 Å². The quantitative estimate of drug-likeness (QED) is 0.803. The highest BCUT2D eigenvalue weighted by atomic mass is 16.5. The van der Waals surface area contributed by atoms with Crippen molar-refractivity contribution in [2.24, 2.45) is 0 Å². The van der Waals surface area contributed by atoms with Crippen LogP contribution in [0.2, 0.25) is 0 Å². The predicted molar refractivity (Wildman–Crippen MR) is 58.3 cm³/mol. The molecule has 0 saturated carbocycles. The fourth-order valence-corrected chi connectivity index (χ4v) is 1.91. The molecule has 2 rings (SSSR count). The number of ether oxygens (including phenoxy) is 2. The molecule has 0 aromatic heterocycles. The molecule has 1 aliphatic rings. The Morgan fingerprint density at radius 3 is 2.56 bits per heavy atom. The topological polar surface area (TPSA) is 67.8 Å². The summed E-state index contributed by atoms with van der Waals surface area (Å²) in [5, 5.41) is 11.9. The Morgan fingerprint density at radius 2 is 2.00 bits per heavy atom. The molecule has 1 atom stereocenters. The van der Waals surface area contributed by atoms with Crippen molar-refractivity contribution in [1.82, 2.24) is 0 Å². The van der Waals surface area contributed by atoms with Crippen LogP contribution in [0.4, 0.5) is 5.69 Å². The Bertz CT molecular complexity index is 397. The third-order valence-electron chi connectivity index (χ3n) is 2.70. The summed E-state index contributed by atoms with van der Waals surface area (Å²) in [6.45, 7) is 0. The average Bonchev–Trinajstić information content (AvgIpc) is 2.72. The van der Waals surface area contributed by atoms with Crippen molar-refractivity contribution in [2.75, 3.05) is 19.5 Å². The maximum atomic E-state index is 10.9. The van der Waals surface area contributed by atoms with Crippen molar-refractivity contribution in [1.29, 1.82) is 0 Å². The van der Waals surface area contributed by atoms with Crippen LogP contribution in [0.3, 0.4) is 0 Å². The molecular weight excluding hydrogens is 210 g/mol. The summed E-state index contributed by atoms with van der Waals surface area (Å²) in [7, 11) is 3.12. The van der Waals surface area contributed by atoms with Gasteiger partial charge in [0.2, 0.25) is 0 Å². The van der Waals surface area contributed by atoms with E-state index in [1.165, 1.54) is 0 Å². The molecule has 0 amide bonds. The van der Waals surface area contributed by atoms with Gasteiger partial charge in [0.1, 0.15) is 17.5 Å². The largest absolute Gasteiger partial charge is 0.496 e. The third kappa shape index (κ3) is 1.54. The SMILES string of the molecule is COc1ccc(OC)c2c1CC(C(=O)O)N2. The van der Waals surface area contributed by atoms with Crippen LogP contribution in [0.5, 0.6) is 11.5 Å². The highest BCUT2D eigenvalue weighted by Gasteiger charge is 2.31. The van der Waals surface area contributed by atoms with E-state index in [9.17, 15) is 4.79 Å². The van der Waals surface area contributed by atoms with Crippen molar-refractivity contribution >= 4 is 11.7 Å². The number of carboxylic acids is 1. The van der Waals surface area contributed by atoms with Crippen LogP contribution in [0.25, 0.3) is 0 Å². The molecular formula is C11H13NO4. The Labute approximate surface area is 93.0 Å². The van der Waals surface area contributed by atoms with Crippen molar-refractivity contribution in [3.63, 3.8) is 0 Å². The first kappa shape index (κ1) is 10.6. The van der Waals surface area contributed by atoms with Crippen LogP contribution < -0.4 is 14.8 Å². The number of nitrogens with one attached hydrogen (secondary N) is 1. The minimum absolute atomic E-state index is 0.408. The van der Waals surface area contributed by atoms with E-state index < -0.39 is 12.0 Å². The summed E-state index contributed by atoms with van der Waals surface area (Å²) < 4.78 is 10.4. The normalized spacial score (nSPS) is 17.5. The lowest BCUT2D eigenvalue weighted by atomic mass is 10.1. The standard InChI is InChI=1S/C11H13NO4/c1-15-8-3-4-9(16-2)10-6(8)5-7(12-10)11(13)14/h3-4,7,12H,5H2,1-2H3,(H,13,14).